The van der Waals surface area contributed by atoms with Crippen LogP contribution in [0.4, 0.5) is 0 Å². The van der Waals surface area contributed by atoms with Crippen molar-refractivity contribution >= 4 is 45.0 Å². The third-order valence-corrected chi connectivity index (χ3v) is 12.7. The molecule has 45 heavy (non-hydrogen) atoms. The first-order valence-corrected chi connectivity index (χ1v) is 18.0. The van der Waals surface area contributed by atoms with Crippen LogP contribution in [0.3, 0.4) is 0 Å². The molecule has 2 aromatic rings. The van der Waals surface area contributed by atoms with Crippen molar-refractivity contribution in [1.82, 2.24) is 14.5 Å². The van der Waals surface area contributed by atoms with Gasteiger partial charge in [0.2, 0.25) is 21.8 Å². The molecule has 2 aromatic carbocycles. The van der Waals surface area contributed by atoms with Crippen molar-refractivity contribution < 1.29 is 22.7 Å². The van der Waals surface area contributed by atoms with E-state index in [0.29, 0.717) is 61.9 Å². The zero-order chi connectivity index (χ0) is 32.4. The summed E-state index contributed by atoms with van der Waals surface area (Å²) < 4.78 is 33.9. The lowest BCUT2D eigenvalue weighted by molar-refractivity contribution is -0.142. The lowest BCUT2D eigenvalue weighted by Gasteiger charge is -2.47. The fourth-order valence-corrected chi connectivity index (χ4v) is 9.18. The molecule has 0 spiro atoms. The zero-order valence-corrected chi connectivity index (χ0v) is 28.3. The van der Waals surface area contributed by atoms with E-state index in [1.807, 2.05) is 36.4 Å². The van der Waals surface area contributed by atoms with Gasteiger partial charge in [-0.25, -0.2) is 8.42 Å². The summed E-state index contributed by atoms with van der Waals surface area (Å²) in [4.78, 5) is 28.9. The number of carbonyl (C=O) groups is 2. The number of nitrogens with one attached hydrogen (secondary N) is 1. The number of hydrogen-bond donors (Lipinski definition) is 2. The lowest BCUT2D eigenvalue weighted by atomic mass is 9.64. The van der Waals surface area contributed by atoms with E-state index in [1.54, 1.807) is 19.2 Å². The molecule has 2 aliphatic heterocycles. The van der Waals surface area contributed by atoms with Gasteiger partial charge in [-0.1, -0.05) is 54.4 Å². The van der Waals surface area contributed by atoms with Gasteiger partial charge in [0.25, 0.3) is 0 Å². The van der Waals surface area contributed by atoms with Gasteiger partial charge in [-0.2, -0.15) is 4.31 Å². The summed E-state index contributed by atoms with van der Waals surface area (Å²) >= 11 is 12.7. The minimum atomic E-state index is -3.50. The molecule has 1 saturated carbocycles. The zero-order valence-electron chi connectivity index (χ0n) is 26.0. The first-order chi connectivity index (χ1) is 21.4. The van der Waals surface area contributed by atoms with Crippen LogP contribution >= 0.6 is 23.2 Å². The van der Waals surface area contributed by atoms with E-state index < -0.39 is 27.4 Å². The van der Waals surface area contributed by atoms with Crippen LogP contribution in [0.15, 0.2) is 48.5 Å². The van der Waals surface area contributed by atoms with Crippen molar-refractivity contribution in [2.24, 2.45) is 17.1 Å². The number of nitrogens with zero attached hydrogens (tertiary/aromatic N) is 2. The van der Waals surface area contributed by atoms with Crippen LogP contribution in [0.25, 0.3) is 0 Å². The van der Waals surface area contributed by atoms with Crippen molar-refractivity contribution in [1.29, 1.82) is 0 Å². The maximum Gasteiger partial charge on any atom is 0.227 e. The summed E-state index contributed by atoms with van der Waals surface area (Å²) in [5, 5.41) is 4.12. The Labute approximate surface area is 276 Å². The molecular weight excluding hydrogens is 635 g/mol. The Morgan fingerprint density at radius 1 is 1.13 bits per heavy atom. The van der Waals surface area contributed by atoms with E-state index in [0.717, 1.165) is 24.2 Å². The molecule has 2 heterocycles. The number of hydrogen-bond acceptors (Lipinski definition) is 6. The molecule has 0 aromatic heterocycles. The molecule has 1 unspecified atom stereocenters. The number of halogens is 2. The number of piperidine rings is 1. The second-order valence-electron chi connectivity index (χ2n) is 13.0. The van der Waals surface area contributed by atoms with Crippen LogP contribution < -0.4 is 11.1 Å². The quantitative estimate of drug-likeness (QED) is 0.316. The van der Waals surface area contributed by atoms with Crippen LogP contribution in [0.1, 0.15) is 68.5 Å². The van der Waals surface area contributed by atoms with Gasteiger partial charge in [-0.05, 0) is 80.0 Å². The summed E-state index contributed by atoms with van der Waals surface area (Å²) in [5.74, 6) is -1.04. The highest BCUT2D eigenvalue weighted by Gasteiger charge is 2.50. The number of carbonyl (C=O) groups excluding carboxylic acids is 2. The van der Waals surface area contributed by atoms with E-state index in [4.69, 9.17) is 33.7 Å². The summed E-state index contributed by atoms with van der Waals surface area (Å²) in [6, 6.07) is 14.1. The Balaban J connectivity index is 1.47. The summed E-state index contributed by atoms with van der Waals surface area (Å²) in [6.07, 6.45) is 2.63. The van der Waals surface area contributed by atoms with Crippen molar-refractivity contribution in [3.05, 3.63) is 69.7 Å². The second kappa shape index (κ2) is 14.3. The standard InChI is InChI=1S/C33H44Cl2N4O5S/c1-22(18-29(23-6-8-25(34)9-7-23)38(2)45(42,43)27-10-11-27)31-28(24-4-3-5-26(35)19-24)20-33(21-30(36)40,32(41)37-31)12-13-39-14-16-44-17-15-39/h3-9,19,22,27-29,31H,10-18,20-21H2,1-2H3,(H2,36,40)(H,37,41)/t22?,28-,29+,31+,33+/m1/s1. The highest BCUT2D eigenvalue weighted by molar-refractivity contribution is 7.90. The Bertz CT molecular complexity index is 1470. The molecule has 0 radical (unpaired) electrons. The van der Waals surface area contributed by atoms with Crippen LogP contribution in [-0.2, 0) is 24.3 Å². The van der Waals surface area contributed by atoms with E-state index in [-0.39, 0.29) is 35.5 Å². The van der Waals surface area contributed by atoms with E-state index in [9.17, 15) is 18.0 Å². The maximum absolute atomic E-state index is 14.2. The molecule has 246 valence electrons. The van der Waals surface area contributed by atoms with E-state index in [2.05, 4.69) is 17.1 Å². The molecule has 0 bridgehead atoms. The van der Waals surface area contributed by atoms with E-state index in [1.165, 1.54) is 4.31 Å². The van der Waals surface area contributed by atoms with Crippen LogP contribution in [-0.4, -0.2) is 80.6 Å². The molecule has 2 saturated heterocycles. The molecule has 3 aliphatic rings. The monoisotopic (exact) mass is 678 g/mol. The molecule has 3 fully saturated rings. The van der Waals surface area contributed by atoms with E-state index >= 15 is 0 Å². The van der Waals surface area contributed by atoms with Crippen molar-refractivity contribution in [2.75, 3.05) is 39.9 Å². The number of amides is 2. The topological polar surface area (TPSA) is 122 Å². The van der Waals surface area contributed by atoms with Crippen LogP contribution in [0.2, 0.25) is 10.0 Å². The minimum Gasteiger partial charge on any atom is -0.379 e. The van der Waals surface area contributed by atoms with Gasteiger partial charge in [0.15, 0.2) is 0 Å². The van der Waals surface area contributed by atoms with Crippen LogP contribution in [0, 0.1) is 11.3 Å². The van der Waals surface area contributed by atoms with Crippen molar-refractivity contribution in [3.8, 4) is 0 Å². The predicted molar refractivity (Wildman–Crippen MR) is 177 cm³/mol. The van der Waals surface area contributed by atoms with Gasteiger partial charge in [0, 0.05) is 54.6 Å². The van der Waals surface area contributed by atoms with Gasteiger partial charge in [0.05, 0.1) is 23.9 Å². The first kappa shape index (κ1) is 34.1. The summed E-state index contributed by atoms with van der Waals surface area (Å²) in [5.41, 5.74) is 6.59. The average molecular weight is 680 g/mol. The molecule has 2 amide bonds. The fraction of sp³-hybridized carbons (Fsp3) is 0.576. The average Bonchev–Trinajstić information content (AvgIpc) is 3.87. The lowest BCUT2D eigenvalue weighted by Crippen LogP contribution is -2.58. The number of primary amides is 1. The Morgan fingerprint density at radius 3 is 2.44 bits per heavy atom. The fourth-order valence-electron chi connectivity index (χ4n) is 7.09. The number of benzene rings is 2. The number of sulfonamides is 1. The van der Waals surface area contributed by atoms with Gasteiger partial charge in [-0.15, -0.1) is 0 Å². The third-order valence-electron chi connectivity index (χ3n) is 9.87. The Kier molecular flexibility index (Phi) is 10.8. The minimum absolute atomic E-state index is 0.0584. The maximum atomic E-state index is 14.2. The summed E-state index contributed by atoms with van der Waals surface area (Å²) in [7, 11) is -1.85. The highest BCUT2D eigenvalue weighted by Crippen LogP contribution is 2.47. The predicted octanol–water partition coefficient (Wildman–Crippen LogP) is 4.74. The molecule has 1 aliphatic carbocycles. The molecule has 9 nitrogen and oxygen atoms in total. The van der Waals surface area contributed by atoms with Crippen molar-refractivity contribution in [3.63, 3.8) is 0 Å². The first-order valence-electron chi connectivity index (χ1n) is 15.8. The molecule has 12 heteroatoms. The largest absolute Gasteiger partial charge is 0.379 e. The van der Waals surface area contributed by atoms with Crippen molar-refractivity contribution in [2.45, 2.75) is 68.7 Å². The smallest absolute Gasteiger partial charge is 0.227 e. The molecule has 5 atom stereocenters. The highest BCUT2D eigenvalue weighted by atomic mass is 35.5. The summed E-state index contributed by atoms with van der Waals surface area (Å²) in [6.45, 7) is 5.52. The Morgan fingerprint density at radius 2 is 1.82 bits per heavy atom. The third kappa shape index (κ3) is 8.03. The number of nitrogens with two attached hydrogens (primary N) is 1. The number of ether oxygens (including phenoxy) is 1. The van der Waals surface area contributed by atoms with Gasteiger partial charge in [0.1, 0.15) is 0 Å². The molecule has 3 N–H and O–H groups in total. The SMILES string of the molecule is CC(C[C@@H](c1ccc(Cl)cc1)N(C)S(=O)(=O)C1CC1)[C@@H]1NC(=O)[C@](CCN2CCOCC2)(CC(N)=O)C[C@@H]1c1cccc(Cl)c1. The van der Waals surface area contributed by atoms with Crippen LogP contribution in [0.5, 0.6) is 0 Å². The number of rotatable bonds is 13. The van der Waals surface area contributed by atoms with Gasteiger partial charge >= 0.3 is 0 Å². The second-order valence-corrected chi connectivity index (χ2v) is 16.2. The molecule has 5 rings (SSSR count). The van der Waals surface area contributed by atoms with Gasteiger partial charge in [-0.3, -0.25) is 14.5 Å². The molecular formula is C33H44Cl2N4O5S. The Hall–Kier alpha value is -2.21. The number of morpholine rings is 1. The van der Waals surface area contributed by atoms with Gasteiger partial charge < -0.3 is 15.8 Å². The normalized spacial score (nSPS) is 25.9.